The number of rotatable bonds is 3. The number of alkyl halides is 1. The third-order valence-electron chi connectivity index (χ3n) is 1.04. The maximum atomic E-state index is 12.7. The van der Waals surface area contributed by atoms with Gasteiger partial charge in [0, 0.05) is 6.42 Å². The summed E-state index contributed by atoms with van der Waals surface area (Å²) in [5, 5.41) is 0. The lowest BCUT2D eigenvalue weighted by molar-refractivity contribution is -0.128. The van der Waals surface area contributed by atoms with Crippen molar-refractivity contribution in [3.8, 4) is 0 Å². The summed E-state index contributed by atoms with van der Waals surface area (Å²) < 4.78 is 12.7. The highest BCUT2D eigenvalue weighted by Crippen LogP contribution is 2.13. The first-order valence-corrected chi connectivity index (χ1v) is 2.60. The van der Waals surface area contributed by atoms with Gasteiger partial charge < -0.3 is 5.73 Å². The number of hydrogen-bond donors (Lipinski definition) is 1. The van der Waals surface area contributed by atoms with Crippen LogP contribution in [0.4, 0.5) is 4.39 Å². The molecule has 3 heteroatoms. The van der Waals surface area contributed by atoms with Crippen LogP contribution in [0.5, 0.6) is 0 Å². The Kier molecular flexibility index (Phi) is 2.37. The Morgan fingerprint density at radius 2 is 2.44 bits per heavy atom. The van der Waals surface area contributed by atoms with Crippen molar-refractivity contribution in [3.63, 3.8) is 0 Å². The number of carbonyl (C=O) groups excluding carboxylic acids is 1. The molecule has 0 spiro atoms. The summed E-state index contributed by atoms with van der Waals surface area (Å²) >= 11 is 0. The van der Waals surface area contributed by atoms with Crippen LogP contribution in [0.2, 0.25) is 0 Å². The Bertz CT molecular complexity index is 131. The van der Waals surface area contributed by atoms with Crippen molar-refractivity contribution < 1.29 is 9.18 Å². The largest absolute Gasteiger partial charge is 0.367 e. The highest BCUT2D eigenvalue weighted by atomic mass is 19.1. The summed E-state index contributed by atoms with van der Waals surface area (Å²) in [6.45, 7) is 4.42. The maximum absolute atomic E-state index is 12.7. The molecule has 52 valence electrons. The van der Waals surface area contributed by atoms with Gasteiger partial charge in [0.2, 0.25) is 0 Å². The summed E-state index contributed by atoms with van der Waals surface area (Å²) in [5.74, 6) is -0.942. The predicted octanol–water partition coefficient (Wildman–Crippen LogP) is 0.776. The van der Waals surface area contributed by atoms with Crippen molar-refractivity contribution in [1.82, 2.24) is 0 Å². The molecular weight excluding hydrogens is 121 g/mol. The van der Waals surface area contributed by atoms with Gasteiger partial charge in [0.05, 0.1) is 0 Å². The molecule has 0 bridgehead atoms. The first-order chi connectivity index (χ1) is 4.00. The summed E-state index contributed by atoms with van der Waals surface area (Å²) in [4.78, 5) is 10.2. The standard InChI is InChI=1S/C6H10FNO/c1-3-4-6(2,7)5(8)9/h3H,1,4H2,2H3,(H2,8,9). The summed E-state index contributed by atoms with van der Waals surface area (Å²) in [5.41, 5.74) is 2.77. The smallest absolute Gasteiger partial charge is 0.255 e. The molecule has 0 heterocycles. The molecular formula is C6H10FNO. The second kappa shape index (κ2) is 2.62. The van der Waals surface area contributed by atoms with Crippen LogP contribution < -0.4 is 5.73 Å². The van der Waals surface area contributed by atoms with Gasteiger partial charge in [-0.15, -0.1) is 6.58 Å². The van der Waals surface area contributed by atoms with Gasteiger partial charge in [-0.2, -0.15) is 0 Å². The van der Waals surface area contributed by atoms with Gasteiger partial charge in [0.25, 0.3) is 5.91 Å². The Labute approximate surface area is 53.5 Å². The fourth-order valence-electron chi connectivity index (χ4n) is 0.372. The van der Waals surface area contributed by atoms with Gasteiger partial charge in [-0.05, 0) is 6.92 Å². The monoisotopic (exact) mass is 131 g/mol. The van der Waals surface area contributed by atoms with Crippen molar-refractivity contribution in [2.24, 2.45) is 5.73 Å². The van der Waals surface area contributed by atoms with E-state index in [1.54, 1.807) is 0 Å². The summed E-state index contributed by atoms with van der Waals surface area (Å²) in [6.07, 6.45) is 1.30. The second-order valence-corrected chi connectivity index (χ2v) is 2.05. The first-order valence-electron chi connectivity index (χ1n) is 2.60. The molecule has 1 atom stereocenters. The van der Waals surface area contributed by atoms with Crippen LogP contribution in [-0.2, 0) is 4.79 Å². The van der Waals surface area contributed by atoms with Crippen LogP contribution in [0, 0.1) is 0 Å². The number of hydrogen-bond acceptors (Lipinski definition) is 1. The van der Waals surface area contributed by atoms with E-state index in [9.17, 15) is 9.18 Å². The van der Waals surface area contributed by atoms with Gasteiger partial charge in [-0.25, -0.2) is 4.39 Å². The van der Waals surface area contributed by atoms with Crippen molar-refractivity contribution in [2.75, 3.05) is 0 Å². The van der Waals surface area contributed by atoms with E-state index in [1.165, 1.54) is 6.08 Å². The predicted molar refractivity (Wildman–Crippen MR) is 33.5 cm³/mol. The van der Waals surface area contributed by atoms with Crippen molar-refractivity contribution in [1.29, 1.82) is 0 Å². The van der Waals surface area contributed by atoms with E-state index >= 15 is 0 Å². The van der Waals surface area contributed by atoms with Gasteiger partial charge in [0.15, 0.2) is 5.67 Å². The highest BCUT2D eigenvalue weighted by Gasteiger charge is 2.28. The van der Waals surface area contributed by atoms with Gasteiger partial charge >= 0.3 is 0 Å². The number of amides is 1. The number of halogens is 1. The zero-order valence-corrected chi connectivity index (χ0v) is 5.36. The maximum Gasteiger partial charge on any atom is 0.255 e. The minimum atomic E-state index is -1.93. The minimum absolute atomic E-state index is 0.0255. The molecule has 0 saturated carbocycles. The highest BCUT2D eigenvalue weighted by molar-refractivity contribution is 5.82. The molecule has 0 aliphatic rings. The van der Waals surface area contributed by atoms with Crippen LogP contribution in [0.25, 0.3) is 0 Å². The topological polar surface area (TPSA) is 43.1 Å². The van der Waals surface area contributed by atoms with E-state index in [0.29, 0.717) is 0 Å². The molecule has 2 nitrogen and oxygen atoms in total. The van der Waals surface area contributed by atoms with E-state index < -0.39 is 11.6 Å². The number of carbonyl (C=O) groups is 1. The van der Waals surface area contributed by atoms with E-state index in [-0.39, 0.29) is 6.42 Å². The van der Waals surface area contributed by atoms with Crippen molar-refractivity contribution in [2.45, 2.75) is 19.0 Å². The molecule has 2 N–H and O–H groups in total. The van der Waals surface area contributed by atoms with Crippen LogP contribution in [0.1, 0.15) is 13.3 Å². The molecule has 0 rings (SSSR count). The van der Waals surface area contributed by atoms with E-state index in [0.717, 1.165) is 6.92 Å². The average molecular weight is 131 g/mol. The fourth-order valence-corrected chi connectivity index (χ4v) is 0.372. The van der Waals surface area contributed by atoms with E-state index in [2.05, 4.69) is 6.58 Å². The Morgan fingerprint density at radius 1 is 2.00 bits per heavy atom. The van der Waals surface area contributed by atoms with Crippen LogP contribution in [-0.4, -0.2) is 11.6 Å². The lowest BCUT2D eigenvalue weighted by atomic mass is 10.0. The van der Waals surface area contributed by atoms with Gasteiger partial charge in [-0.1, -0.05) is 6.08 Å². The van der Waals surface area contributed by atoms with Crippen LogP contribution in [0.3, 0.4) is 0 Å². The average Bonchev–Trinajstić information content (AvgIpc) is 1.65. The normalized spacial score (nSPS) is 16.2. The van der Waals surface area contributed by atoms with E-state index in [4.69, 9.17) is 5.73 Å². The molecule has 0 aromatic heterocycles. The molecule has 0 saturated heterocycles. The molecule has 0 aromatic rings. The molecule has 0 aromatic carbocycles. The fraction of sp³-hybridized carbons (Fsp3) is 0.500. The molecule has 0 aliphatic heterocycles. The number of nitrogens with two attached hydrogens (primary N) is 1. The van der Waals surface area contributed by atoms with Gasteiger partial charge in [-0.3, -0.25) is 4.79 Å². The molecule has 1 unspecified atom stereocenters. The lowest BCUT2D eigenvalue weighted by Crippen LogP contribution is -2.35. The SMILES string of the molecule is C=CCC(C)(F)C(N)=O. The van der Waals surface area contributed by atoms with Crippen molar-refractivity contribution in [3.05, 3.63) is 12.7 Å². The second-order valence-electron chi connectivity index (χ2n) is 2.05. The molecule has 1 amide bonds. The third kappa shape index (κ3) is 2.26. The summed E-state index contributed by atoms with van der Waals surface area (Å²) in [6, 6.07) is 0. The number of primary amides is 1. The molecule has 0 aliphatic carbocycles. The van der Waals surface area contributed by atoms with Crippen LogP contribution in [0.15, 0.2) is 12.7 Å². The Morgan fingerprint density at radius 3 is 2.56 bits per heavy atom. The van der Waals surface area contributed by atoms with Crippen LogP contribution >= 0.6 is 0 Å². The quantitative estimate of drug-likeness (QED) is 0.565. The molecule has 0 radical (unpaired) electrons. The zero-order chi connectivity index (χ0) is 7.49. The van der Waals surface area contributed by atoms with Gasteiger partial charge in [0.1, 0.15) is 0 Å². The van der Waals surface area contributed by atoms with E-state index in [1.807, 2.05) is 0 Å². The first kappa shape index (κ1) is 8.14. The summed E-state index contributed by atoms with van der Waals surface area (Å²) in [7, 11) is 0. The Hall–Kier alpha value is -0.860. The van der Waals surface area contributed by atoms with Crippen molar-refractivity contribution >= 4 is 5.91 Å². The lowest BCUT2D eigenvalue weighted by Gasteiger charge is -2.11. The minimum Gasteiger partial charge on any atom is -0.367 e. The molecule has 0 fully saturated rings. The Balaban J connectivity index is 4.00. The zero-order valence-electron chi connectivity index (χ0n) is 5.36. The molecule has 9 heavy (non-hydrogen) atoms. The third-order valence-corrected chi connectivity index (χ3v) is 1.04. The number of allylic oxidation sites excluding steroid dienone is 1.